The molecule has 18 heavy (non-hydrogen) atoms. The second-order valence-corrected chi connectivity index (χ2v) is 5.07. The molecule has 2 rings (SSSR count). The second-order valence-electron chi connectivity index (χ2n) is 4.67. The average molecular weight is 268 g/mol. The van der Waals surface area contributed by atoms with Crippen molar-refractivity contribution in [1.82, 2.24) is 14.6 Å². The lowest BCUT2D eigenvalue weighted by atomic mass is 9.97. The van der Waals surface area contributed by atoms with Gasteiger partial charge in [-0.15, -0.1) is 10.2 Å². The molecule has 2 heterocycles. The average Bonchev–Trinajstić information content (AvgIpc) is 2.71. The Bertz CT molecular complexity index is 607. The van der Waals surface area contributed by atoms with Crippen molar-refractivity contribution >= 4 is 23.2 Å². The fourth-order valence-corrected chi connectivity index (χ4v) is 1.94. The van der Waals surface area contributed by atoms with Crippen LogP contribution in [0.4, 0.5) is 0 Å². The molecule has 0 aromatic carbocycles. The van der Waals surface area contributed by atoms with Crippen LogP contribution in [0.5, 0.6) is 0 Å². The van der Waals surface area contributed by atoms with Gasteiger partial charge >= 0.3 is 5.97 Å². The minimum absolute atomic E-state index is 0.129. The highest BCUT2D eigenvalue weighted by atomic mass is 35.5. The summed E-state index contributed by atoms with van der Waals surface area (Å²) >= 11 is 6.02. The topological polar surface area (TPSA) is 67.5 Å². The highest BCUT2D eigenvalue weighted by Crippen LogP contribution is 2.25. The number of nitrogens with zero attached hydrogens (tertiary/aromatic N) is 3. The predicted octanol–water partition coefficient (Wildman–Crippen LogP) is 2.84. The van der Waals surface area contributed by atoms with Crippen LogP contribution in [0.3, 0.4) is 0 Å². The highest BCUT2D eigenvalue weighted by Gasteiger charge is 2.19. The number of carbonyl (C=O) groups is 1. The Balaban J connectivity index is 2.67. The molecular formula is C12H14ClN3O2. The van der Waals surface area contributed by atoms with Crippen molar-refractivity contribution in [2.24, 2.45) is 5.92 Å². The van der Waals surface area contributed by atoms with E-state index in [9.17, 15) is 4.79 Å². The molecule has 1 N–H and O–H groups in total. The van der Waals surface area contributed by atoms with E-state index in [-0.39, 0.29) is 11.5 Å². The van der Waals surface area contributed by atoms with E-state index in [4.69, 9.17) is 16.7 Å². The third kappa shape index (κ3) is 2.06. The zero-order valence-electron chi connectivity index (χ0n) is 10.4. The summed E-state index contributed by atoms with van der Waals surface area (Å²) < 4.78 is 1.66. The van der Waals surface area contributed by atoms with Crippen LogP contribution in [0.15, 0.2) is 12.3 Å². The van der Waals surface area contributed by atoms with Gasteiger partial charge in [-0.2, -0.15) is 0 Å². The van der Waals surface area contributed by atoms with Gasteiger partial charge in [0.1, 0.15) is 5.82 Å². The van der Waals surface area contributed by atoms with Crippen molar-refractivity contribution in [3.63, 3.8) is 0 Å². The van der Waals surface area contributed by atoms with Crippen LogP contribution in [-0.2, 0) is 0 Å². The van der Waals surface area contributed by atoms with E-state index < -0.39 is 5.97 Å². The van der Waals surface area contributed by atoms with Crippen molar-refractivity contribution in [2.75, 3.05) is 0 Å². The van der Waals surface area contributed by atoms with Crippen LogP contribution < -0.4 is 0 Å². The van der Waals surface area contributed by atoms with Gasteiger partial charge in [-0.1, -0.05) is 32.4 Å². The van der Waals surface area contributed by atoms with Gasteiger partial charge in [0.2, 0.25) is 0 Å². The highest BCUT2D eigenvalue weighted by molar-refractivity contribution is 6.33. The van der Waals surface area contributed by atoms with Gasteiger partial charge in [-0.25, -0.2) is 4.79 Å². The summed E-state index contributed by atoms with van der Waals surface area (Å²) in [5.74, 6) is 0.255. The Labute approximate surface area is 109 Å². The number of hydrogen-bond acceptors (Lipinski definition) is 3. The van der Waals surface area contributed by atoms with Crippen molar-refractivity contribution in [2.45, 2.75) is 26.7 Å². The van der Waals surface area contributed by atoms with E-state index >= 15 is 0 Å². The molecule has 0 aliphatic rings. The molecule has 2 aromatic heterocycles. The maximum Gasteiger partial charge on any atom is 0.337 e. The third-order valence-electron chi connectivity index (χ3n) is 3.14. The van der Waals surface area contributed by atoms with Crippen LogP contribution >= 0.6 is 11.6 Å². The van der Waals surface area contributed by atoms with E-state index in [2.05, 4.69) is 24.0 Å². The smallest absolute Gasteiger partial charge is 0.337 e. The fraction of sp³-hybridized carbons (Fsp3) is 0.417. The molecule has 0 amide bonds. The van der Waals surface area contributed by atoms with Gasteiger partial charge in [0.15, 0.2) is 5.65 Å². The van der Waals surface area contributed by atoms with Crippen LogP contribution in [-0.4, -0.2) is 25.7 Å². The molecule has 6 heteroatoms. The van der Waals surface area contributed by atoms with E-state index in [0.717, 1.165) is 5.82 Å². The molecule has 0 spiro atoms. The van der Waals surface area contributed by atoms with Crippen LogP contribution in [0.2, 0.25) is 5.02 Å². The number of carboxylic acids is 1. The maximum absolute atomic E-state index is 11.0. The van der Waals surface area contributed by atoms with E-state index in [1.807, 2.05) is 6.92 Å². The summed E-state index contributed by atoms with van der Waals surface area (Å²) in [7, 11) is 0. The quantitative estimate of drug-likeness (QED) is 0.928. The standard InChI is InChI=1S/C12H14ClN3O2/c1-6(2)7(3)10-14-15-11-9(13)4-8(12(17)18)5-16(10)11/h4-7H,1-3H3,(H,17,18). The minimum Gasteiger partial charge on any atom is -0.478 e. The van der Waals surface area contributed by atoms with Crippen molar-refractivity contribution in [3.8, 4) is 0 Å². The van der Waals surface area contributed by atoms with E-state index in [1.54, 1.807) is 4.40 Å². The lowest BCUT2D eigenvalue weighted by Crippen LogP contribution is -2.08. The van der Waals surface area contributed by atoms with Crippen LogP contribution in [0.25, 0.3) is 5.65 Å². The monoisotopic (exact) mass is 267 g/mol. The third-order valence-corrected chi connectivity index (χ3v) is 3.42. The zero-order chi connectivity index (χ0) is 13.4. The molecule has 0 saturated heterocycles. The molecule has 1 atom stereocenters. The Morgan fingerprint density at radius 3 is 2.61 bits per heavy atom. The first-order chi connectivity index (χ1) is 8.41. The number of aromatic carboxylic acids is 1. The SMILES string of the molecule is CC(C)C(C)c1nnc2c(Cl)cc(C(=O)O)cn12. The minimum atomic E-state index is -1.02. The van der Waals surface area contributed by atoms with E-state index in [1.165, 1.54) is 12.3 Å². The van der Waals surface area contributed by atoms with Gasteiger partial charge in [0, 0.05) is 12.1 Å². The van der Waals surface area contributed by atoms with Crippen LogP contribution in [0.1, 0.15) is 42.9 Å². The Kier molecular flexibility index (Phi) is 3.26. The molecule has 0 bridgehead atoms. The van der Waals surface area contributed by atoms with Crippen molar-refractivity contribution in [1.29, 1.82) is 0 Å². The zero-order valence-corrected chi connectivity index (χ0v) is 11.1. The molecule has 0 aliphatic carbocycles. The molecule has 0 fully saturated rings. The van der Waals surface area contributed by atoms with Gasteiger partial charge in [0.25, 0.3) is 0 Å². The molecule has 0 aliphatic heterocycles. The fourth-order valence-electron chi connectivity index (χ4n) is 1.70. The van der Waals surface area contributed by atoms with Gasteiger partial charge in [0.05, 0.1) is 10.6 Å². The first-order valence-electron chi connectivity index (χ1n) is 5.69. The Morgan fingerprint density at radius 1 is 1.39 bits per heavy atom. The summed E-state index contributed by atoms with van der Waals surface area (Å²) in [5, 5.41) is 17.5. The van der Waals surface area contributed by atoms with Gasteiger partial charge < -0.3 is 5.11 Å². The molecule has 0 radical (unpaired) electrons. The lowest BCUT2D eigenvalue weighted by Gasteiger charge is -2.13. The number of halogens is 1. The van der Waals surface area contributed by atoms with Crippen molar-refractivity contribution < 1.29 is 9.90 Å². The molecule has 5 nitrogen and oxygen atoms in total. The largest absolute Gasteiger partial charge is 0.478 e. The number of rotatable bonds is 3. The molecule has 2 aromatic rings. The van der Waals surface area contributed by atoms with Gasteiger partial charge in [-0.3, -0.25) is 4.40 Å². The predicted molar refractivity (Wildman–Crippen MR) is 68.2 cm³/mol. The Hall–Kier alpha value is -1.62. The number of pyridine rings is 1. The second kappa shape index (κ2) is 4.57. The number of hydrogen-bond donors (Lipinski definition) is 1. The number of carboxylic acid groups (broad SMARTS) is 1. The maximum atomic E-state index is 11.0. The molecule has 0 saturated carbocycles. The number of fused-ring (bicyclic) bond motifs is 1. The van der Waals surface area contributed by atoms with Crippen molar-refractivity contribution in [3.05, 3.63) is 28.7 Å². The summed E-state index contributed by atoms with van der Waals surface area (Å²) in [5.41, 5.74) is 0.619. The summed E-state index contributed by atoms with van der Waals surface area (Å²) in [4.78, 5) is 11.0. The normalized spacial score (nSPS) is 13.2. The first kappa shape index (κ1) is 12.8. The number of aromatic nitrogens is 3. The molecule has 1 unspecified atom stereocenters. The summed E-state index contributed by atoms with van der Waals surface area (Å²) in [6.45, 7) is 6.19. The van der Waals surface area contributed by atoms with Gasteiger partial charge in [-0.05, 0) is 12.0 Å². The summed E-state index contributed by atoms with van der Waals surface area (Å²) in [6, 6.07) is 1.39. The molecule has 96 valence electrons. The molecular weight excluding hydrogens is 254 g/mol. The summed E-state index contributed by atoms with van der Waals surface area (Å²) in [6.07, 6.45) is 1.51. The van der Waals surface area contributed by atoms with E-state index in [0.29, 0.717) is 16.6 Å². The van der Waals surface area contributed by atoms with Crippen LogP contribution in [0, 0.1) is 5.92 Å². The Morgan fingerprint density at radius 2 is 2.06 bits per heavy atom. The first-order valence-corrected chi connectivity index (χ1v) is 6.07. The lowest BCUT2D eigenvalue weighted by molar-refractivity contribution is 0.0696.